The molecular formula is C18H34N4O. The molecule has 0 aromatic carbocycles. The second-order valence-electron chi connectivity index (χ2n) is 7.79. The van der Waals surface area contributed by atoms with Crippen LogP contribution in [-0.2, 0) is 0 Å². The molecule has 2 amide bonds. The van der Waals surface area contributed by atoms with Crippen molar-refractivity contribution in [3.05, 3.63) is 0 Å². The highest BCUT2D eigenvalue weighted by molar-refractivity contribution is 5.74. The van der Waals surface area contributed by atoms with Crippen molar-refractivity contribution in [1.29, 1.82) is 0 Å². The van der Waals surface area contributed by atoms with Crippen molar-refractivity contribution in [2.24, 2.45) is 11.8 Å². The Kier molecular flexibility index (Phi) is 6.17. The monoisotopic (exact) mass is 322 g/mol. The highest BCUT2D eigenvalue weighted by Gasteiger charge is 2.36. The minimum absolute atomic E-state index is 0.180. The van der Waals surface area contributed by atoms with Crippen LogP contribution >= 0.6 is 0 Å². The summed E-state index contributed by atoms with van der Waals surface area (Å²) in [5.74, 6) is 1.57. The minimum atomic E-state index is 0.180. The van der Waals surface area contributed by atoms with Crippen LogP contribution in [0.25, 0.3) is 0 Å². The van der Waals surface area contributed by atoms with Crippen molar-refractivity contribution in [2.75, 3.05) is 59.4 Å². The molecule has 132 valence electrons. The number of nitrogens with one attached hydrogen (secondary N) is 1. The van der Waals surface area contributed by atoms with Crippen LogP contribution < -0.4 is 5.32 Å². The lowest BCUT2D eigenvalue weighted by atomic mass is 9.82. The summed E-state index contributed by atoms with van der Waals surface area (Å²) in [5, 5.41) is 3.14. The molecule has 1 saturated carbocycles. The number of fused-ring (bicyclic) bond motifs is 1. The first kappa shape index (κ1) is 17.0. The van der Waals surface area contributed by atoms with Gasteiger partial charge in [-0.1, -0.05) is 12.8 Å². The number of urea groups is 1. The number of piperazine rings is 1. The molecule has 0 bridgehead atoms. The standard InChI is InChI=1S/C18H34N4O/c1-20-10-12-21(13-11-20)9-5-4-8-19-18(23)22-14-16-6-2-3-7-17(16)15-22/h16-17H,2-15H2,1H3,(H,19,23). The number of amides is 2. The lowest BCUT2D eigenvalue weighted by molar-refractivity contribution is 0.152. The second-order valence-corrected chi connectivity index (χ2v) is 7.79. The third kappa shape index (κ3) is 4.83. The zero-order valence-electron chi connectivity index (χ0n) is 14.8. The quantitative estimate of drug-likeness (QED) is 0.785. The van der Waals surface area contributed by atoms with Crippen LogP contribution in [0.1, 0.15) is 38.5 Å². The smallest absolute Gasteiger partial charge is 0.317 e. The van der Waals surface area contributed by atoms with Crippen LogP contribution in [0.5, 0.6) is 0 Å². The van der Waals surface area contributed by atoms with E-state index in [4.69, 9.17) is 0 Å². The predicted molar refractivity (Wildman–Crippen MR) is 93.6 cm³/mol. The average molecular weight is 322 g/mol. The van der Waals surface area contributed by atoms with Crippen molar-refractivity contribution in [2.45, 2.75) is 38.5 Å². The van der Waals surface area contributed by atoms with E-state index in [1.54, 1.807) is 0 Å². The summed E-state index contributed by atoms with van der Waals surface area (Å²) in [6, 6.07) is 0.180. The summed E-state index contributed by atoms with van der Waals surface area (Å²) in [6.07, 6.45) is 7.68. The molecule has 2 atom stereocenters. The van der Waals surface area contributed by atoms with Gasteiger partial charge in [-0.25, -0.2) is 4.79 Å². The predicted octanol–water partition coefficient (Wildman–Crippen LogP) is 1.85. The molecule has 2 saturated heterocycles. The molecule has 2 aliphatic heterocycles. The van der Waals surface area contributed by atoms with Gasteiger partial charge in [-0.05, 0) is 51.1 Å². The molecule has 1 aliphatic carbocycles. The Balaban J connectivity index is 1.25. The van der Waals surface area contributed by atoms with Gasteiger partial charge in [0.05, 0.1) is 0 Å². The third-order valence-corrected chi connectivity index (χ3v) is 6.04. The number of nitrogens with zero attached hydrogens (tertiary/aromatic N) is 3. The molecule has 3 aliphatic rings. The summed E-state index contributed by atoms with van der Waals surface area (Å²) in [7, 11) is 2.20. The Bertz CT molecular complexity index is 367. The molecule has 5 nitrogen and oxygen atoms in total. The number of hydrogen-bond acceptors (Lipinski definition) is 3. The molecule has 0 aromatic rings. The fraction of sp³-hybridized carbons (Fsp3) is 0.944. The van der Waals surface area contributed by atoms with Crippen LogP contribution in [0.15, 0.2) is 0 Å². The van der Waals surface area contributed by atoms with E-state index in [1.807, 2.05) is 0 Å². The molecule has 3 rings (SSSR count). The molecule has 0 spiro atoms. The average Bonchev–Trinajstić information content (AvgIpc) is 3.00. The summed E-state index contributed by atoms with van der Waals surface area (Å²) in [4.78, 5) is 19.3. The first-order chi connectivity index (χ1) is 11.2. The van der Waals surface area contributed by atoms with Crippen LogP contribution in [0.4, 0.5) is 4.79 Å². The highest BCUT2D eigenvalue weighted by atomic mass is 16.2. The lowest BCUT2D eigenvalue weighted by Crippen LogP contribution is -2.44. The normalized spacial score (nSPS) is 29.5. The SMILES string of the molecule is CN1CCN(CCCCNC(=O)N2CC3CCCCC3C2)CC1. The van der Waals surface area contributed by atoms with Gasteiger partial charge in [-0.15, -0.1) is 0 Å². The first-order valence-electron chi connectivity index (χ1n) is 9.66. The van der Waals surface area contributed by atoms with Gasteiger partial charge >= 0.3 is 6.03 Å². The Morgan fingerprint density at radius 1 is 1.00 bits per heavy atom. The Morgan fingerprint density at radius 3 is 2.30 bits per heavy atom. The van der Waals surface area contributed by atoms with E-state index in [-0.39, 0.29) is 6.03 Å². The van der Waals surface area contributed by atoms with Gasteiger partial charge < -0.3 is 20.0 Å². The summed E-state index contributed by atoms with van der Waals surface area (Å²) >= 11 is 0. The largest absolute Gasteiger partial charge is 0.338 e. The Labute approximate surface area is 141 Å². The highest BCUT2D eigenvalue weighted by Crippen LogP contribution is 2.35. The number of likely N-dealkylation sites (tertiary alicyclic amines) is 1. The summed E-state index contributed by atoms with van der Waals surface area (Å²) in [6.45, 7) is 8.77. The molecule has 5 heteroatoms. The number of hydrogen-bond donors (Lipinski definition) is 1. The van der Waals surface area contributed by atoms with Gasteiger partial charge in [0, 0.05) is 45.8 Å². The molecule has 1 N–H and O–H groups in total. The number of carbonyl (C=O) groups excluding carboxylic acids is 1. The van der Waals surface area contributed by atoms with Crippen molar-refractivity contribution in [1.82, 2.24) is 20.0 Å². The molecule has 2 unspecified atom stereocenters. The van der Waals surface area contributed by atoms with Crippen molar-refractivity contribution < 1.29 is 4.79 Å². The van der Waals surface area contributed by atoms with E-state index in [9.17, 15) is 4.79 Å². The van der Waals surface area contributed by atoms with Crippen LogP contribution in [0.3, 0.4) is 0 Å². The van der Waals surface area contributed by atoms with Crippen molar-refractivity contribution in [3.8, 4) is 0 Å². The van der Waals surface area contributed by atoms with E-state index >= 15 is 0 Å². The molecule has 0 aromatic heterocycles. The van der Waals surface area contributed by atoms with Crippen molar-refractivity contribution >= 4 is 6.03 Å². The zero-order chi connectivity index (χ0) is 16.1. The third-order valence-electron chi connectivity index (χ3n) is 6.04. The van der Waals surface area contributed by atoms with Gasteiger partial charge in [0.1, 0.15) is 0 Å². The van der Waals surface area contributed by atoms with Crippen molar-refractivity contribution in [3.63, 3.8) is 0 Å². The Hall–Kier alpha value is -0.810. The Morgan fingerprint density at radius 2 is 1.65 bits per heavy atom. The van der Waals surface area contributed by atoms with Gasteiger partial charge in [0.15, 0.2) is 0 Å². The molecule has 3 fully saturated rings. The van der Waals surface area contributed by atoms with Crippen LogP contribution in [-0.4, -0.2) is 80.1 Å². The van der Waals surface area contributed by atoms with Crippen LogP contribution in [0.2, 0.25) is 0 Å². The molecular weight excluding hydrogens is 288 g/mol. The molecule has 0 radical (unpaired) electrons. The number of carbonyl (C=O) groups is 1. The zero-order valence-corrected chi connectivity index (χ0v) is 14.8. The van der Waals surface area contributed by atoms with E-state index in [1.165, 1.54) is 64.8 Å². The number of unbranched alkanes of at least 4 members (excludes halogenated alkanes) is 1. The number of likely N-dealkylation sites (N-methyl/N-ethyl adjacent to an activating group) is 1. The maximum absolute atomic E-state index is 12.3. The summed E-state index contributed by atoms with van der Waals surface area (Å²) in [5.41, 5.74) is 0. The topological polar surface area (TPSA) is 38.8 Å². The van der Waals surface area contributed by atoms with E-state index in [0.717, 1.165) is 37.9 Å². The minimum Gasteiger partial charge on any atom is -0.338 e. The van der Waals surface area contributed by atoms with E-state index < -0.39 is 0 Å². The van der Waals surface area contributed by atoms with Gasteiger partial charge in [0.25, 0.3) is 0 Å². The maximum Gasteiger partial charge on any atom is 0.317 e. The fourth-order valence-electron chi connectivity index (χ4n) is 4.41. The van der Waals surface area contributed by atoms with Gasteiger partial charge in [-0.3, -0.25) is 0 Å². The molecule has 23 heavy (non-hydrogen) atoms. The van der Waals surface area contributed by atoms with Gasteiger partial charge in [-0.2, -0.15) is 0 Å². The fourth-order valence-corrected chi connectivity index (χ4v) is 4.41. The molecule has 2 heterocycles. The first-order valence-corrected chi connectivity index (χ1v) is 9.66. The van der Waals surface area contributed by atoms with Gasteiger partial charge in [0.2, 0.25) is 0 Å². The van der Waals surface area contributed by atoms with Crippen LogP contribution in [0, 0.1) is 11.8 Å². The van der Waals surface area contributed by atoms with E-state index in [2.05, 4.69) is 27.1 Å². The maximum atomic E-state index is 12.3. The second kappa shape index (κ2) is 8.34. The number of rotatable bonds is 5. The lowest BCUT2D eigenvalue weighted by Gasteiger charge is -2.32. The summed E-state index contributed by atoms with van der Waals surface area (Å²) < 4.78 is 0. The van der Waals surface area contributed by atoms with E-state index in [0.29, 0.717) is 0 Å².